The number of imidazole rings is 1. The van der Waals surface area contributed by atoms with Gasteiger partial charge < -0.3 is 9.88 Å². The van der Waals surface area contributed by atoms with Crippen LogP contribution in [0, 0.1) is 0 Å². The SMILES string of the molecule is CSc1ccccc1-c1nc2c(n1C)NCC(C(F)(F)F)=C2. The summed E-state index contributed by atoms with van der Waals surface area (Å²) in [6.07, 6.45) is -1.25. The third-order valence-corrected chi connectivity index (χ3v) is 4.39. The lowest BCUT2D eigenvalue weighted by Crippen LogP contribution is -2.23. The molecule has 0 radical (unpaired) electrons. The first-order valence-electron chi connectivity index (χ1n) is 6.63. The first-order valence-corrected chi connectivity index (χ1v) is 7.86. The molecule has 3 rings (SSSR count). The van der Waals surface area contributed by atoms with E-state index in [1.165, 1.54) is 0 Å². The number of aromatic nitrogens is 2. The van der Waals surface area contributed by atoms with Gasteiger partial charge in [-0.25, -0.2) is 4.98 Å². The molecule has 0 amide bonds. The predicted molar refractivity (Wildman–Crippen MR) is 82.9 cm³/mol. The maximum absolute atomic E-state index is 12.8. The standard InChI is InChI=1S/C15H14F3N3S/c1-21-13(10-5-3-4-6-12(10)22-2)20-11-7-9(15(16,17)18)8-19-14(11)21/h3-7,19H,8H2,1-2H3. The van der Waals surface area contributed by atoms with E-state index in [1.807, 2.05) is 30.5 Å². The molecule has 0 spiro atoms. The van der Waals surface area contributed by atoms with E-state index in [-0.39, 0.29) is 6.54 Å². The van der Waals surface area contributed by atoms with Gasteiger partial charge in [-0.3, -0.25) is 0 Å². The maximum Gasteiger partial charge on any atom is 0.414 e. The third-order valence-electron chi connectivity index (χ3n) is 3.59. The molecule has 3 nitrogen and oxygen atoms in total. The summed E-state index contributed by atoms with van der Waals surface area (Å²) in [5.74, 6) is 1.26. The van der Waals surface area contributed by atoms with Crippen molar-refractivity contribution in [3.05, 3.63) is 35.5 Å². The number of halogens is 3. The van der Waals surface area contributed by atoms with Crippen LogP contribution in [0.1, 0.15) is 5.69 Å². The highest BCUT2D eigenvalue weighted by atomic mass is 32.2. The van der Waals surface area contributed by atoms with Gasteiger partial charge in [0.05, 0.1) is 5.57 Å². The molecule has 0 saturated carbocycles. The lowest BCUT2D eigenvalue weighted by atomic mass is 10.1. The number of rotatable bonds is 2. The van der Waals surface area contributed by atoms with Crippen molar-refractivity contribution in [3.63, 3.8) is 0 Å². The first-order chi connectivity index (χ1) is 10.4. The molecule has 2 heterocycles. The second-order valence-corrected chi connectivity index (χ2v) is 5.80. The molecule has 0 fully saturated rings. The highest BCUT2D eigenvalue weighted by Gasteiger charge is 2.36. The molecule has 0 aliphatic carbocycles. The van der Waals surface area contributed by atoms with Crippen LogP contribution in [0.4, 0.5) is 19.0 Å². The molecule has 0 unspecified atom stereocenters. The number of nitrogens with one attached hydrogen (secondary N) is 1. The quantitative estimate of drug-likeness (QED) is 0.840. The summed E-state index contributed by atoms with van der Waals surface area (Å²) in [5, 5.41) is 2.82. The van der Waals surface area contributed by atoms with Crippen LogP contribution < -0.4 is 5.32 Å². The van der Waals surface area contributed by atoms with Crippen molar-refractivity contribution in [2.75, 3.05) is 18.1 Å². The van der Waals surface area contributed by atoms with Crippen LogP contribution in [0.3, 0.4) is 0 Å². The molecule has 1 aliphatic rings. The largest absolute Gasteiger partial charge is 0.414 e. The van der Waals surface area contributed by atoms with Crippen LogP contribution in [0.5, 0.6) is 0 Å². The Bertz CT molecular complexity index is 747. The summed E-state index contributed by atoms with van der Waals surface area (Å²) in [6.45, 7) is -0.236. The minimum absolute atomic E-state index is 0.236. The molecule has 2 aromatic rings. The number of hydrogen-bond acceptors (Lipinski definition) is 3. The summed E-state index contributed by atoms with van der Waals surface area (Å²) >= 11 is 1.58. The fourth-order valence-corrected chi connectivity index (χ4v) is 3.07. The zero-order chi connectivity index (χ0) is 15.9. The Morgan fingerprint density at radius 2 is 2.00 bits per heavy atom. The van der Waals surface area contributed by atoms with Crippen molar-refractivity contribution in [2.24, 2.45) is 7.05 Å². The Labute approximate surface area is 130 Å². The van der Waals surface area contributed by atoms with E-state index in [4.69, 9.17) is 0 Å². The summed E-state index contributed by atoms with van der Waals surface area (Å²) in [7, 11) is 1.80. The minimum atomic E-state index is -4.33. The summed E-state index contributed by atoms with van der Waals surface area (Å²) in [6, 6.07) is 7.72. The van der Waals surface area contributed by atoms with Crippen LogP contribution in [-0.2, 0) is 7.05 Å². The molecule has 1 aromatic carbocycles. The molecule has 0 atom stereocenters. The van der Waals surface area contributed by atoms with E-state index in [1.54, 1.807) is 23.4 Å². The van der Waals surface area contributed by atoms with Gasteiger partial charge in [-0.1, -0.05) is 18.2 Å². The molecule has 1 aromatic heterocycles. The molecule has 0 saturated heterocycles. The second kappa shape index (κ2) is 5.39. The van der Waals surface area contributed by atoms with E-state index in [0.717, 1.165) is 16.5 Å². The van der Waals surface area contributed by atoms with E-state index < -0.39 is 11.7 Å². The smallest absolute Gasteiger partial charge is 0.366 e. The van der Waals surface area contributed by atoms with Gasteiger partial charge in [0.1, 0.15) is 17.3 Å². The normalized spacial score (nSPS) is 14.3. The Morgan fingerprint density at radius 1 is 1.27 bits per heavy atom. The second-order valence-electron chi connectivity index (χ2n) is 4.95. The number of anilines is 1. The molecule has 1 aliphatic heterocycles. The van der Waals surface area contributed by atoms with Gasteiger partial charge in [-0.2, -0.15) is 13.2 Å². The lowest BCUT2D eigenvalue weighted by molar-refractivity contribution is -0.0909. The number of hydrogen-bond donors (Lipinski definition) is 1. The van der Waals surface area contributed by atoms with Crippen LogP contribution in [0.2, 0.25) is 0 Å². The van der Waals surface area contributed by atoms with Crippen LogP contribution in [0.25, 0.3) is 17.5 Å². The zero-order valence-corrected chi connectivity index (χ0v) is 12.8. The highest BCUT2D eigenvalue weighted by molar-refractivity contribution is 7.98. The number of nitrogens with zero attached hydrogens (tertiary/aromatic N) is 2. The fraction of sp³-hybridized carbons (Fsp3) is 0.267. The van der Waals surface area contributed by atoms with Crippen molar-refractivity contribution in [1.29, 1.82) is 0 Å². The van der Waals surface area contributed by atoms with Crippen molar-refractivity contribution < 1.29 is 13.2 Å². The predicted octanol–water partition coefficient (Wildman–Crippen LogP) is 4.18. The van der Waals surface area contributed by atoms with E-state index in [2.05, 4.69) is 10.3 Å². The molecule has 1 N–H and O–H groups in total. The molecule has 7 heteroatoms. The molecule has 22 heavy (non-hydrogen) atoms. The molecular weight excluding hydrogens is 311 g/mol. The molecular formula is C15H14F3N3S. The Morgan fingerprint density at radius 3 is 2.68 bits per heavy atom. The Hall–Kier alpha value is -1.89. The number of fused-ring (bicyclic) bond motifs is 1. The van der Waals surface area contributed by atoms with Crippen LogP contribution in [0.15, 0.2) is 34.7 Å². The number of thioether (sulfide) groups is 1. The van der Waals surface area contributed by atoms with Crippen molar-refractivity contribution >= 4 is 23.7 Å². The van der Waals surface area contributed by atoms with Crippen LogP contribution in [-0.4, -0.2) is 28.5 Å². The van der Waals surface area contributed by atoms with Gasteiger partial charge in [-0.05, 0) is 18.4 Å². The summed E-state index contributed by atoms with van der Waals surface area (Å²) in [4.78, 5) is 5.44. The monoisotopic (exact) mass is 325 g/mol. The van der Waals surface area contributed by atoms with Gasteiger partial charge >= 0.3 is 6.18 Å². The number of alkyl halides is 3. The topological polar surface area (TPSA) is 29.9 Å². The summed E-state index contributed by atoms with van der Waals surface area (Å²) in [5.41, 5.74) is 0.630. The van der Waals surface area contributed by atoms with E-state index in [9.17, 15) is 13.2 Å². The molecule has 116 valence electrons. The maximum atomic E-state index is 12.8. The van der Waals surface area contributed by atoms with Crippen LogP contribution >= 0.6 is 11.8 Å². The zero-order valence-electron chi connectivity index (χ0n) is 12.0. The van der Waals surface area contributed by atoms with Crippen molar-refractivity contribution in [2.45, 2.75) is 11.1 Å². The van der Waals surface area contributed by atoms with Gasteiger partial charge in [0.2, 0.25) is 0 Å². The van der Waals surface area contributed by atoms with E-state index >= 15 is 0 Å². The Balaban J connectivity index is 2.12. The highest BCUT2D eigenvalue weighted by Crippen LogP contribution is 2.36. The third kappa shape index (κ3) is 2.49. The van der Waals surface area contributed by atoms with E-state index in [0.29, 0.717) is 17.3 Å². The van der Waals surface area contributed by atoms with Crippen molar-refractivity contribution in [3.8, 4) is 11.4 Å². The fourth-order valence-electron chi connectivity index (χ4n) is 2.48. The summed E-state index contributed by atoms with van der Waals surface area (Å²) < 4.78 is 40.3. The average Bonchev–Trinajstić information content (AvgIpc) is 2.83. The van der Waals surface area contributed by atoms with Crippen molar-refractivity contribution in [1.82, 2.24) is 9.55 Å². The van der Waals surface area contributed by atoms with Gasteiger partial charge in [0.25, 0.3) is 0 Å². The average molecular weight is 325 g/mol. The van der Waals surface area contributed by atoms with Gasteiger partial charge in [-0.15, -0.1) is 11.8 Å². The Kier molecular flexibility index (Phi) is 3.68. The minimum Gasteiger partial charge on any atom is -0.366 e. The van der Waals surface area contributed by atoms with Gasteiger partial charge in [0, 0.05) is 24.1 Å². The lowest BCUT2D eigenvalue weighted by Gasteiger charge is -2.18. The van der Waals surface area contributed by atoms with Gasteiger partial charge in [0.15, 0.2) is 0 Å². The molecule has 0 bridgehead atoms. The first kappa shape index (κ1) is 15.0. The number of benzene rings is 1.